The first-order chi connectivity index (χ1) is 14.0. The smallest absolute Gasteiger partial charge is 0.338 e. The maximum atomic E-state index is 12.9. The van der Waals surface area contributed by atoms with Crippen molar-refractivity contribution in [1.29, 1.82) is 0 Å². The van der Waals surface area contributed by atoms with E-state index in [0.717, 1.165) is 11.8 Å². The van der Waals surface area contributed by atoms with E-state index in [0.29, 0.717) is 12.2 Å². The van der Waals surface area contributed by atoms with Gasteiger partial charge in [-0.15, -0.1) is 0 Å². The van der Waals surface area contributed by atoms with E-state index in [2.05, 4.69) is 10.4 Å². The van der Waals surface area contributed by atoms with Gasteiger partial charge in [0.25, 0.3) is 0 Å². The number of hydrogen-bond donors (Lipinski definition) is 1. The summed E-state index contributed by atoms with van der Waals surface area (Å²) < 4.78 is 6.59. The third-order valence-corrected chi connectivity index (χ3v) is 4.53. The molecule has 1 unspecified atom stereocenters. The highest BCUT2D eigenvalue weighted by Crippen LogP contribution is 2.32. The zero-order chi connectivity index (χ0) is 21.0. The normalized spacial score (nSPS) is 16.6. The third-order valence-electron chi connectivity index (χ3n) is 4.53. The van der Waals surface area contributed by atoms with Gasteiger partial charge in [0.05, 0.1) is 35.4 Å². The van der Waals surface area contributed by atoms with E-state index >= 15 is 0 Å². The maximum absolute atomic E-state index is 12.9. The van der Waals surface area contributed by atoms with E-state index in [1.807, 2.05) is 30.3 Å². The van der Waals surface area contributed by atoms with E-state index < -0.39 is 16.9 Å². The Morgan fingerprint density at radius 2 is 2.03 bits per heavy atom. The van der Waals surface area contributed by atoms with Gasteiger partial charge in [-0.2, -0.15) is 5.10 Å². The number of amides is 2. The highest BCUT2D eigenvalue weighted by molar-refractivity contribution is 5.95. The van der Waals surface area contributed by atoms with Crippen molar-refractivity contribution in [3.8, 4) is 0 Å². The molecule has 0 spiro atoms. The lowest BCUT2D eigenvalue weighted by molar-refractivity contribution is -0.385. The summed E-state index contributed by atoms with van der Waals surface area (Å²) >= 11 is 0. The molecule has 1 aromatic heterocycles. The topological polar surface area (TPSA) is 120 Å². The second-order valence-electron chi connectivity index (χ2n) is 6.27. The molecule has 1 N–H and O–H groups in total. The van der Waals surface area contributed by atoms with Crippen molar-refractivity contribution in [2.75, 3.05) is 13.2 Å². The molecule has 0 radical (unpaired) electrons. The molecule has 2 heterocycles. The molecule has 0 saturated heterocycles. The van der Waals surface area contributed by atoms with E-state index in [1.54, 1.807) is 13.8 Å². The predicted molar refractivity (Wildman–Crippen MR) is 103 cm³/mol. The fraction of sp³-hybridized carbons (Fsp3) is 0.316. The minimum absolute atomic E-state index is 0.00653. The number of nitrogens with zero attached hydrogens (tertiary/aromatic N) is 4. The lowest BCUT2D eigenvalue weighted by atomic mass is 9.94. The average molecular weight is 399 g/mol. The van der Waals surface area contributed by atoms with Gasteiger partial charge in [0.15, 0.2) is 0 Å². The largest absolute Gasteiger partial charge is 0.463 e. The summed E-state index contributed by atoms with van der Waals surface area (Å²) in [6.45, 7) is 3.95. The van der Waals surface area contributed by atoms with Gasteiger partial charge in [0.2, 0.25) is 0 Å². The molecule has 10 nitrogen and oxygen atoms in total. The highest BCUT2D eigenvalue weighted by atomic mass is 16.6. The summed E-state index contributed by atoms with van der Waals surface area (Å²) in [5.74, 6) is -0.559. The molecule has 2 amide bonds. The molecule has 1 aliphatic rings. The number of hydrogen-bond acceptors (Lipinski definition) is 6. The minimum atomic E-state index is -0.703. The van der Waals surface area contributed by atoms with Gasteiger partial charge in [0, 0.05) is 6.54 Å². The number of benzene rings is 1. The van der Waals surface area contributed by atoms with Crippen LogP contribution >= 0.6 is 0 Å². The number of aromatic nitrogens is 2. The van der Waals surface area contributed by atoms with Crippen molar-refractivity contribution in [1.82, 2.24) is 20.0 Å². The Kier molecular flexibility index (Phi) is 5.91. The van der Waals surface area contributed by atoms with Gasteiger partial charge in [-0.05, 0) is 19.4 Å². The zero-order valence-electron chi connectivity index (χ0n) is 16.1. The van der Waals surface area contributed by atoms with Gasteiger partial charge in [-0.25, -0.2) is 9.59 Å². The van der Waals surface area contributed by atoms with Crippen LogP contribution in [0.3, 0.4) is 0 Å². The number of rotatable bonds is 7. The first-order valence-corrected chi connectivity index (χ1v) is 9.16. The van der Waals surface area contributed by atoms with Crippen LogP contribution in [0.4, 0.5) is 10.5 Å². The Morgan fingerprint density at radius 3 is 2.62 bits per heavy atom. The number of ether oxygens (including phenoxy) is 1. The third kappa shape index (κ3) is 4.10. The summed E-state index contributed by atoms with van der Waals surface area (Å²) in [6, 6.07) is 8.01. The van der Waals surface area contributed by atoms with Crippen molar-refractivity contribution in [2.45, 2.75) is 26.4 Å². The monoisotopic (exact) mass is 399 g/mol. The lowest BCUT2D eigenvalue weighted by Gasteiger charge is -2.36. The predicted octanol–water partition coefficient (Wildman–Crippen LogP) is 2.39. The average Bonchev–Trinajstić information content (AvgIpc) is 3.17. The quantitative estimate of drug-likeness (QED) is 0.434. The molecule has 3 rings (SSSR count). The maximum Gasteiger partial charge on any atom is 0.338 e. The molecule has 29 heavy (non-hydrogen) atoms. The number of nitro groups is 1. The van der Waals surface area contributed by atoms with E-state index in [4.69, 9.17) is 4.74 Å². The number of nitrogens with one attached hydrogen (secondary N) is 1. The molecule has 152 valence electrons. The van der Waals surface area contributed by atoms with E-state index in [9.17, 15) is 19.7 Å². The molecular weight excluding hydrogens is 378 g/mol. The van der Waals surface area contributed by atoms with Crippen LogP contribution in [0.2, 0.25) is 0 Å². The second-order valence-corrected chi connectivity index (χ2v) is 6.27. The van der Waals surface area contributed by atoms with Crippen LogP contribution in [-0.2, 0) is 16.1 Å². The van der Waals surface area contributed by atoms with Crippen LogP contribution in [0.1, 0.15) is 25.5 Å². The van der Waals surface area contributed by atoms with E-state index in [1.165, 1.54) is 15.8 Å². The molecule has 1 aromatic carbocycles. The van der Waals surface area contributed by atoms with Gasteiger partial charge in [-0.1, -0.05) is 30.3 Å². The number of urea groups is 1. The van der Waals surface area contributed by atoms with Crippen LogP contribution in [0.25, 0.3) is 0 Å². The first-order valence-electron chi connectivity index (χ1n) is 9.16. The van der Waals surface area contributed by atoms with Crippen LogP contribution in [0, 0.1) is 10.1 Å². The van der Waals surface area contributed by atoms with Crippen LogP contribution in [0.15, 0.2) is 54.0 Å². The summed E-state index contributed by atoms with van der Waals surface area (Å²) in [6.07, 6.45) is 2.38. The molecule has 0 saturated carbocycles. The molecule has 2 aromatic rings. The van der Waals surface area contributed by atoms with Gasteiger partial charge in [-0.3, -0.25) is 19.7 Å². The number of carbonyl (C=O) groups excluding carboxylic acids is 2. The van der Waals surface area contributed by atoms with E-state index in [-0.39, 0.29) is 30.4 Å². The summed E-state index contributed by atoms with van der Waals surface area (Å²) in [7, 11) is 0. The van der Waals surface area contributed by atoms with Gasteiger partial charge < -0.3 is 10.1 Å². The Bertz CT molecular complexity index is 953. The molecule has 1 aliphatic heterocycles. The SMILES string of the molecule is CCOC(=O)C1=C(Cn2cc([N+](=O)[O-])cn2)N(CC)C(=O)NC1c1ccccc1. The van der Waals surface area contributed by atoms with Crippen molar-refractivity contribution in [3.63, 3.8) is 0 Å². The first kappa shape index (κ1) is 20.1. The second kappa shape index (κ2) is 8.55. The lowest BCUT2D eigenvalue weighted by Crippen LogP contribution is -2.49. The highest BCUT2D eigenvalue weighted by Gasteiger charge is 2.37. The summed E-state index contributed by atoms with van der Waals surface area (Å²) in [5.41, 5.74) is 1.22. The van der Waals surface area contributed by atoms with Crippen molar-refractivity contribution < 1.29 is 19.2 Å². The minimum Gasteiger partial charge on any atom is -0.463 e. The molecule has 0 fully saturated rings. The molecule has 10 heteroatoms. The van der Waals surface area contributed by atoms with Crippen LogP contribution < -0.4 is 5.32 Å². The fourth-order valence-corrected chi connectivity index (χ4v) is 3.24. The Hall–Kier alpha value is -3.69. The van der Waals surface area contributed by atoms with Crippen molar-refractivity contribution in [3.05, 3.63) is 69.7 Å². The molecule has 1 atom stereocenters. The van der Waals surface area contributed by atoms with Crippen molar-refractivity contribution in [2.24, 2.45) is 0 Å². The van der Waals surface area contributed by atoms with Gasteiger partial charge in [0.1, 0.15) is 12.4 Å². The van der Waals surface area contributed by atoms with Gasteiger partial charge >= 0.3 is 17.7 Å². The van der Waals surface area contributed by atoms with Crippen molar-refractivity contribution >= 4 is 17.7 Å². The number of allylic oxidation sites excluding steroid dienone is 1. The summed E-state index contributed by atoms with van der Waals surface area (Å²) in [4.78, 5) is 37.4. The Balaban J connectivity index is 2.13. The molecule has 0 bridgehead atoms. The fourth-order valence-electron chi connectivity index (χ4n) is 3.24. The Labute approximate surface area is 166 Å². The number of carbonyl (C=O) groups is 2. The standard InChI is InChI=1S/C19H21N5O5/c1-3-23-15(12-22-11-14(10-20-22)24(27)28)16(18(25)29-4-2)17(21-19(23)26)13-8-6-5-7-9-13/h5-11,17H,3-4,12H2,1-2H3,(H,21,26). The number of likely N-dealkylation sites (N-methyl/N-ethyl adjacent to an activating group) is 1. The van der Waals surface area contributed by atoms with Crippen LogP contribution in [-0.4, -0.2) is 44.8 Å². The van der Waals surface area contributed by atoms with Crippen LogP contribution in [0.5, 0.6) is 0 Å². The number of esters is 1. The Morgan fingerprint density at radius 1 is 1.31 bits per heavy atom. The summed E-state index contributed by atoms with van der Waals surface area (Å²) in [5, 5.41) is 17.8. The molecule has 0 aliphatic carbocycles. The zero-order valence-corrected chi connectivity index (χ0v) is 16.1. The molecular formula is C19H21N5O5.